The van der Waals surface area contributed by atoms with Gasteiger partial charge < -0.3 is 5.32 Å². The summed E-state index contributed by atoms with van der Waals surface area (Å²) in [5, 5.41) is 11.6. The molecule has 1 aliphatic rings. The first-order valence-electron chi connectivity index (χ1n) is 6.86. The van der Waals surface area contributed by atoms with Gasteiger partial charge in [-0.1, -0.05) is 19.3 Å². The van der Waals surface area contributed by atoms with Crippen molar-refractivity contribution in [2.24, 2.45) is 0 Å². The zero-order valence-electron chi connectivity index (χ0n) is 11.3. The highest BCUT2D eigenvalue weighted by Gasteiger charge is 2.21. The van der Waals surface area contributed by atoms with Crippen LogP contribution in [-0.2, 0) is 15.6 Å². The molecule has 1 amide bonds. The lowest BCUT2D eigenvalue weighted by Crippen LogP contribution is -2.27. The number of amides is 1. The van der Waals surface area contributed by atoms with Crippen molar-refractivity contribution in [2.45, 2.75) is 37.4 Å². The Morgan fingerprint density at radius 2 is 1.90 bits per heavy atom. The summed E-state index contributed by atoms with van der Waals surface area (Å²) in [4.78, 5) is 11.9. The average Bonchev–Trinajstić information content (AvgIpc) is 2.49. The van der Waals surface area contributed by atoms with Crippen LogP contribution in [0.3, 0.4) is 0 Å². The topological polar surface area (TPSA) is 70.0 Å². The van der Waals surface area contributed by atoms with Crippen LogP contribution in [0.5, 0.6) is 0 Å². The lowest BCUT2D eigenvalue weighted by atomic mass is 10.0. The highest BCUT2D eigenvalue weighted by molar-refractivity contribution is 7.86. The summed E-state index contributed by atoms with van der Waals surface area (Å²) in [5.41, 5.74) is 1.18. The molecule has 20 heavy (non-hydrogen) atoms. The van der Waals surface area contributed by atoms with E-state index in [1.54, 1.807) is 24.3 Å². The van der Waals surface area contributed by atoms with E-state index >= 15 is 0 Å². The van der Waals surface area contributed by atoms with Gasteiger partial charge in [0, 0.05) is 21.7 Å². The summed E-state index contributed by atoms with van der Waals surface area (Å²) in [6.07, 6.45) is 5.39. The summed E-state index contributed by atoms with van der Waals surface area (Å²) >= 11 is 0. The number of rotatable bonds is 4. The highest BCUT2D eigenvalue weighted by Crippen LogP contribution is 2.22. The number of carbonyl (C=O) groups excluding carboxylic acids is 1. The molecule has 106 valence electrons. The molecule has 0 heterocycles. The van der Waals surface area contributed by atoms with Crippen LogP contribution in [0.15, 0.2) is 24.3 Å². The van der Waals surface area contributed by atoms with Crippen molar-refractivity contribution in [1.82, 2.24) is 0 Å². The van der Waals surface area contributed by atoms with Gasteiger partial charge in [0.15, 0.2) is 0 Å². The molecule has 1 saturated carbocycles. The molecule has 1 N–H and O–H groups in total. The molecule has 0 aliphatic heterocycles. The maximum absolute atomic E-state index is 12.1. The highest BCUT2D eigenvalue weighted by atomic mass is 32.2. The van der Waals surface area contributed by atoms with E-state index < -0.39 is 10.8 Å². The van der Waals surface area contributed by atoms with E-state index in [1.807, 2.05) is 6.07 Å². The molecule has 0 saturated heterocycles. The van der Waals surface area contributed by atoms with E-state index in [4.69, 9.17) is 5.26 Å². The minimum absolute atomic E-state index is 0.0602. The third-order valence-electron chi connectivity index (χ3n) is 3.50. The molecule has 0 radical (unpaired) electrons. The van der Waals surface area contributed by atoms with Crippen molar-refractivity contribution in [3.05, 3.63) is 29.8 Å². The first-order valence-corrected chi connectivity index (χ1v) is 8.24. The second kappa shape index (κ2) is 7.20. The quantitative estimate of drug-likeness (QED) is 0.926. The molecule has 1 atom stereocenters. The van der Waals surface area contributed by atoms with Crippen molar-refractivity contribution in [2.75, 3.05) is 11.1 Å². The van der Waals surface area contributed by atoms with Crippen molar-refractivity contribution in [3.8, 4) is 6.07 Å². The molecule has 1 fully saturated rings. The van der Waals surface area contributed by atoms with E-state index in [9.17, 15) is 9.00 Å². The Morgan fingerprint density at radius 3 is 2.50 bits per heavy atom. The molecule has 4 nitrogen and oxygen atoms in total. The van der Waals surface area contributed by atoms with Crippen LogP contribution in [-0.4, -0.2) is 21.1 Å². The van der Waals surface area contributed by atoms with E-state index in [0.717, 1.165) is 25.7 Å². The molecule has 2 rings (SSSR count). The molecule has 0 spiro atoms. The Hall–Kier alpha value is -1.67. The van der Waals surface area contributed by atoms with Gasteiger partial charge in [0.05, 0.1) is 11.6 Å². The largest absolute Gasteiger partial charge is 0.325 e. The van der Waals surface area contributed by atoms with Gasteiger partial charge in [-0.05, 0) is 37.1 Å². The second-order valence-corrected chi connectivity index (χ2v) is 6.74. The predicted octanol–water partition coefficient (Wildman–Crippen LogP) is 2.58. The number of hydrogen-bond donors (Lipinski definition) is 1. The minimum Gasteiger partial charge on any atom is -0.325 e. The number of nitriles is 1. The molecule has 1 aliphatic carbocycles. The van der Waals surface area contributed by atoms with Gasteiger partial charge >= 0.3 is 0 Å². The van der Waals surface area contributed by atoms with Gasteiger partial charge in [0.2, 0.25) is 5.91 Å². The minimum atomic E-state index is -1.08. The molecule has 1 aromatic carbocycles. The van der Waals surface area contributed by atoms with Crippen molar-refractivity contribution < 1.29 is 9.00 Å². The Balaban J connectivity index is 1.85. The van der Waals surface area contributed by atoms with Crippen LogP contribution in [0, 0.1) is 11.3 Å². The Kier molecular flexibility index (Phi) is 5.31. The number of nitrogens with one attached hydrogen (secondary N) is 1. The molecule has 0 aromatic heterocycles. The normalized spacial score (nSPS) is 17.1. The number of anilines is 1. The lowest BCUT2D eigenvalue weighted by Gasteiger charge is -2.20. The SMILES string of the molecule is N#Cc1ccc(NC(=O)CS(=O)C2CCCCC2)cc1. The van der Waals surface area contributed by atoms with Crippen molar-refractivity contribution in [3.63, 3.8) is 0 Å². The molecule has 5 heteroatoms. The predicted molar refractivity (Wildman–Crippen MR) is 79.7 cm³/mol. The summed E-state index contributed by atoms with van der Waals surface area (Å²) in [6, 6.07) is 8.68. The third-order valence-corrected chi connectivity index (χ3v) is 5.26. The van der Waals surface area contributed by atoms with Gasteiger partial charge in [-0.2, -0.15) is 5.26 Å². The Morgan fingerprint density at radius 1 is 1.25 bits per heavy atom. The number of carbonyl (C=O) groups is 1. The first-order chi connectivity index (χ1) is 9.69. The average molecular weight is 290 g/mol. The molecular formula is C15H18N2O2S. The number of nitrogens with zero attached hydrogens (tertiary/aromatic N) is 1. The van der Waals surface area contributed by atoms with Crippen LogP contribution < -0.4 is 5.32 Å². The summed E-state index contributed by atoms with van der Waals surface area (Å²) < 4.78 is 12.1. The summed E-state index contributed by atoms with van der Waals surface area (Å²) in [5.74, 6) is -0.163. The number of hydrogen-bond acceptors (Lipinski definition) is 3. The fourth-order valence-electron chi connectivity index (χ4n) is 2.40. The smallest absolute Gasteiger partial charge is 0.237 e. The zero-order chi connectivity index (χ0) is 14.4. The van der Waals surface area contributed by atoms with Crippen LogP contribution in [0.4, 0.5) is 5.69 Å². The molecular weight excluding hydrogens is 272 g/mol. The standard InChI is InChI=1S/C15H18N2O2S/c16-10-12-6-8-13(9-7-12)17-15(18)11-20(19)14-4-2-1-3-5-14/h6-9,14H,1-5,11H2,(H,17,18). The fraction of sp³-hybridized carbons (Fsp3) is 0.467. The van der Waals surface area contributed by atoms with Crippen molar-refractivity contribution >= 4 is 22.4 Å². The second-order valence-electron chi connectivity index (χ2n) is 5.02. The zero-order valence-corrected chi connectivity index (χ0v) is 12.1. The van der Waals surface area contributed by atoms with Crippen LogP contribution in [0.25, 0.3) is 0 Å². The molecule has 0 bridgehead atoms. The summed E-state index contributed by atoms with van der Waals surface area (Å²) in [7, 11) is -1.08. The fourth-order valence-corrected chi connectivity index (χ4v) is 3.83. The number of benzene rings is 1. The maximum Gasteiger partial charge on any atom is 0.237 e. The monoisotopic (exact) mass is 290 g/mol. The van der Waals surface area contributed by atoms with E-state index in [-0.39, 0.29) is 16.9 Å². The van der Waals surface area contributed by atoms with E-state index in [0.29, 0.717) is 11.3 Å². The van der Waals surface area contributed by atoms with E-state index in [2.05, 4.69) is 5.32 Å². The Labute approximate surface area is 121 Å². The molecule has 1 unspecified atom stereocenters. The van der Waals surface area contributed by atoms with Crippen LogP contribution in [0.1, 0.15) is 37.7 Å². The Bertz CT molecular complexity index is 528. The van der Waals surface area contributed by atoms with Gasteiger partial charge in [0.25, 0.3) is 0 Å². The van der Waals surface area contributed by atoms with Gasteiger partial charge in [0.1, 0.15) is 5.75 Å². The maximum atomic E-state index is 12.1. The summed E-state index contributed by atoms with van der Waals surface area (Å²) in [6.45, 7) is 0. The third kappa shape index (κ3) is 4.17. The first kappa shape index (κ1) is 14.7. The van der Waals surface area contributed by atoms with E-state index in [1.165, 1.54) is 6.42 Å². The lowest BCUT2D eigenvalue weighted by molar-refractivity contribution is -0.113. The van der Waals surface area contributed by atoms with Crippen LogP contribution >= 0.6 is 0 Å². The van der Waals surface area contributed by atoms with Crippen LogP contribution in [0.2, 0.25) is 0 Å². The van der Waals surface area contributed by atoms with Gasteiger partial charge in [-0.3, -0.25) is 9.00 Å². The van der Waals surface area contributed by atoms with Gasteiger partial charge in [-0.25, -0.2) is 0 Å². The van der Waals surface area contributed by atoms with Gasteiger partial charge in [-0.15, -0.1) is 0 Å². The van der Waals surface area contributed by atoms with Crippen molar-refractivity contribution in [1.29, 1.82) is 5.26 Å². The molecule has 1 aromatic rings.